The molecule has 0 spiro atoms. The van der Waals surface area contributed by atoms with Crippen LogP contribution in [0.4, 0.5) is 0 Å². The van der Waals surface area contributed by atoms with Crippen LogP contribution in [0.3, 0.4) is 0 Å². The predicted octanol–water partition coefficient (Wildman–Crippen LogP) is -1.12. The van der Waals surface area contributed by atoms with E-state index in [1.165, 1.54) is 0 Å². The van der Waals surface area contributed by atoms with E-state index in [-0.39, 0.29) is 31.6 Å². The Kier molecular flexibility index (Phi) is 12.7. The lowest BCUT2D eigenvalue weighted by atomic mass is 10.0. The molecule has 4 amide bonds. The van der Waals surface area contributed by atoms with Crippen LogP contribution in [0.25, 0.3) is 0 Å². The number of rotatable bonds is 16. The Bertz CT molecular complexity index is 969. The molecule has 1 aromatic carbocycles. The van der Waals surface area contributed by atoms with Crippen molar-refractivity contribution in [1.82, 2.24) is 16.0 Å². The maximum atomic E-state index is 13.1. The zero-order chi connectivity index (χ0) is 28.1. The molecular weight excluding hydrogens is 486 g/mol. The lowest BCUT2D eigenvalue weighted by molar-refractivity contribution is -0.142. The van der Waals surface area contributed by atoms with Gasteiger partial charge in [-0.1, -0.05) is 44.2 Å². The molecule has 4 unspecified atom stereocenters. The molecule has 4 atom stereocenters. The van der Waals surface area contributed by atoms with E-state index in [0.29, 0.717) is 5.56 Å². The number of carbonyl (C=O) groups excluding carboxylic acids is 4. The number of aliphatic carboxylic acids is 2. The van der Waals surface area contributed by atoms with Gasteiger partial charge in [0.25, 0.3) is 0 Å². The smallest absolute Gasteiger partial charge is 0.326 e. The number of carboxylic acid groups (broad SMARTS) is 2. The summed E-state index contributed by atoms with van der Waals surface area (Å²) in [5.74, 6) is -5.90. The summed E-state index contributed by atoms with van der Waals surface area (Å²) in [7, 11) is 0. The van der Waals surface area contributed by atoms with Crippen LogP contribution in [0, 0.1) is 5.92 Å². The number of amides is 4. The largest absolute Gasteiger partial charge is 0.481 e. The van der Waals surface area contributed by atoms with Crippen LogP contribution in [0.2, 0.25) is 0 Å². The highest BCUT2D eigenvalue weighted by atomic mass is 16.4. The topological polar surface area (TPSA) is 231 Å². The van der Waals surface area contributed by atoms with E-state index < -0.39 is 66.2 Å². The Labute approximate surface area is 214 Å². The van der Waals surface area contributed by atoms with Crippen LogP contribution in [-0.4, -0.2) is 69.9 Å². The first-order chi connectivity index (χ1) is 17.3. The van der Waals surface area contributed by atoms with Crippen LogP contribution in [0.15, 0.2) is 30.3 Å². The lowest BCUT2D eigenvalue weighted by Gasteiger charge is -2.25. The van der Waals surface area contributed by atoms with Gasteiger partial charge in [-0.2, -0.15) is 0 Å². The summed E-state index contributed by atoms with van der Waals surface area (Å²) in [5.41, 5.74) is 11.4. The van der Waals surface area contributed by atoms with E-state index in [1.807, 2.05) is 0 Å². The van der Waals surface area contributed by atoms with Gasteiger partial charge in [-0.15, -0.1) is 0 Å². The summed E-state index contributed by atoms with van der Waals surface area (Å²) >= 11 is 0. The number of carboxylic acids is 2. The number of primary amides is 1. The Morgan fingerprint density at radius 2 is 1.38 bits per heavy atom. The van der Waals surface area contributed by atoms with Gasteiger partial charge in [0.05, 0.1) is 12.5 Å². The molecule has 0 fully saturated rings. The van der Waals surface area contributed by atoms with E-state index in [4.69, 9.17) is 16.6 Å². The number of hydrogen-bond donors (Lipinski definition) is 7. The second kappa shape index (κ2) is 15.2. The van der Waals surface area contributed by atoms with Crippen molar-refractivity contribution in [3.8, 4) is 0 Å². The normalized spacial score (nSPS) is 14.1. The molecule has 0 bridgehead atoms. The van der Waals surface area contributed by atoms with Gasteiger partial charge in [0, 0.05) is 12.8 Å². The minimum absolute atomic E-state index is 0.00143. The van der Waals surface area contributed by atoms with Gasteiger partial charge in [-0.25, -0.2) is 4.79 Å². The maximum Gasteiger partial charge on any atom is 0.326 e. The van der Waals surface area contributed by atoms with E-state index in [2.05, 4.69) is 16.0 Å². The number of nitrogens with two attached hydrogens (primary N) is 2. The number of carbonyl (C=O) groups is 6. The first-order valence-electron chi connectivity index (χ1n) is 11.7. The molecule has 0 saturated heterocycles. The number of nitrogens with one attached hydrogen (secondary N) is 3. The zero-order valence-corrected chi connectivity index (χ0v) is 20.8. The summed E-state index contributed by atoms with van der Waals surface area (Å²) in [6.45, 7) is 3.60. The molecule has 0 radical (unpaired) electrons. The quantitative estimate of drug-likeness (QED) is 0.139. The van der Waals surface area contributed by atoms with Crippen molar-refractivity contribution in [2.45, 2.75) is 70.1 Å². The van der Waals surface area contributed by atoms with Gasteiger partial charge >= 0.3 is 11.9 Å². The fourth-order valence-corrected chi connectivity index (χ4v) is 3.41. The van der Waals surface area contributed by atoms with Gasteiger partial charge in [-0.3, -0.25) is 24.0 Å². The molecule has 37 heavy (non-hydrogen) atoms. The van der Waals surface area contributed by atoms with Crippen molar-refractivity contribution in [1.29, 1.82) is 0 Å². The predicted molar refractivity (Wildman–Crippen MR) is 132 cm³/mol. The summed E-state index contributed by atoms with van der Waals surface area (Å²) in [5, 5.41) is 25.6. The molecule has 1 aromatic rings. The molecule has 0 aliphatic carbocycles. The average Bonchev–Trinajstić information content (AvgIpc) is 2.80. The molecular formula is C24H35N5O8. The van der Waals surface area contributed by atoms with Gasteiger partial charge in [0.15, 0.2) is 0 Å². The maximum absolute atomic E-state index is 13.1. The number of hydrogen-bond acceptors (Lipinski definition) is 7. The molecule has 9 N–H and O–H groups in total. The highest BCUT2D eigenvalue weighted by Gasteiger charge is 2.31. The molecule has 0 aliphatic heterocycles. The van der Waals surface area contributed by atoms with E-state index in [9.17, 15) is 33.9 Å². The van der Waals surface area contributed by atoms with Gasteiger partial charge in [0.1, 0.15) is 18.1 Å². The van der Waals surface area contributed by atoms with Crippen LogP contribution >= 0.6 is 0 Å². The minimum atomic E-state index is -1.46. The summed E-state index contributed by atoms with van der Waals surface area (Å²) in [6.07, 6.45) is -1.07. The van der Waals surface area contributed by atoms with Crippen molar-refractivity contribution >= 4 is 35.6 Å². The van der Waals surface area contributed by atoms with Crippen molar-refractivity contribution in [3.63, 3.8) is 0 Å². The highest BCUT2D eigenvalue weighted by Crippen LogP contribution is 2.09. The van der Waals surface area contributed by atoms with E-state index >= 15 is 0 Å². The molecule has 0 aromatic heterocycles. The average molecular weight is 522 g/mol. The lowest BCUT2D eigenvalue weighted by Crippen LogP contribution is -2.58. The third-order valence-electron chi connectivity index (χ3n) is 5.28. The standard InChI is InChI=1S/C24H35N5O8/c1-13(2)10-18(24(36)37)29-23(35)17(11-14-6-4-3-5-7-14)28-22(34)16(8-9-19(26)30)27-21(33)15(25)12-20(31)32/h3-7,13,15-18H,8-12,25H2,1-2H3,(H2,26,30)(H,27,33)(H,28,34)(H,29,35)(H,31,32)(H,36,37). The minimum Gasteiger partial charge on any atom is -0.481 e. The van der Waals surface area contributed by atoms with Gasteiger partial charge in [-0.05, 0) is 24.3 Å². The van der Waals surface area contributed by atoms with Gasteiger partial charge < -0.3 is 37.6 Å². The number of benzene rings is 1. The molecule has 204 valence electrons. The SMILES string of the molecule is CC(C)CC(NC(=O)C(Cc1ccccc1)NC(=O)C(CCC(N)=O)NC(=O)C(N)CC(=O)O)C(=O)O. The second-order valence-corrected chi connectivity index (χ2v) is 9.05. The zero-order valence-electron chi connectivity index (χ0n) is 20.8. The van der Waals surface area contributed by atoms with Crippen molar-refractivity contribution in [2.75, 3.05) is 0 Å². The monoisotopic (exact) mass is 521 g/mol. The van der Waals surface area contributed by atoms with Crippen LogP contribution in [0.5, 0.6) is 0 Å². The Morgan fingerprint density at radius 3 is 1.89 bits per heavy atom. The highest BCUT2D eigenvalue weighted by molar-refractivity contribution is 5.95. The first-order valence-corrected chi connectivity index (χ1v) is 11.7. The summed E-state index contributed by atoms with van der Waals surface area (Å²) < 4.78 is 0. The molecule has 0 heterocycles. The summed E-state index contributed by atoms with van der Waals surface area (Å²) in [4.78, 5) is 72.3. The molecule has 13 nitrogen and oxygen atoms in total. The Hall–Kier alpha value is -4.00. The fourth-order valence-electron chi connectivity index (χ4n) is 3.41. The molecule has 13 heteroatoms. The first kappa shape index (κ1) is 31.0. The van der Waals surface area contributed by atoms with Crippen molar-refractivity contribution in [3.05, 3.63) is 35.9 Å². The van der Waals surface area contributed by atoms with E-state index in [1.54, 1.807) is 44.2 Å². The van der Waals surface area contributed by atoms with Crippen LogP contribution in [0.1, 0.15) is 45.1 Å². The third kappa shape index (κ3) is 12.0. The van der Waals surface area contributed by atoms with Crippen molar-refractivity contribution in [2.24, 2.45) is 17.4 Å². The molecule has 1 rings (SSSR count). The van der Waals surface area contributed by atoms with Gasteiger partial charge in [0.2, 0.25) is 23.6 Å². The molecule has 0 saturated carbocycles. The molecule has 0 aliphatic rings. The van der Waals surface area contributed by atoms with Crippen LogP contribution < -0.4 is 27.4 Å². The van der Waals surface area contributed by atoms with Crippen LogP contribution in [-0.2, 0) is 35.2 Å². The Balaban J connectivity index is 3.15. The van der Waals surface area contributed by atoms with E-state index in [0.717, 1.165) is 0 Å². The third-order valence-corrected chi connectivity index (χ3v) is 5.28. The fraction of sp³-hybridized carbons (Fsp3) is 0.500. The summed E-state index contributed by atoms with van der Waals surface area (Å²) in [6, 6.07) is 3.39. The van der Waals surface area contributed by atoms with Crippen molar-refractivity contribution < 1.29 is 39.0 Å². The second-order valence-electron chi connectivity index (χ2n) is 9.05. The Morgan fingerprint density at radius 1 is 0.838 bits per heavy atom.